The number of hydrogen-bond acceptors (Lipinski definition) is 0. The first-order chi connectivity index (χ1) is 5.29. The molecule has 1 heterocycles. The average Bonchev–Trinajstić information content (AvgIpc) is 2.45. The van der Waals surface area contributed by atoms with E-state index in [2.05, 4.69) is 4.98 Å². The molecular weight excluding hydrogens is 148 g/mol. The van der Waals surface area contributed by atoms with Crippen molar-refractivity contribution in [2.24, 2.45) is 0 Å². The summed E-state index contributed by atoms with van der Waals surface area (Å²) in [6, 6.07) is 4.12. The molecule has 0 aliphatic heterocycles. The van der Waals surface area contributed by atoms with Gasteiger partial charge in [0.15, 0.2) is 11.6 Å². The molecule has 0 saturated carbocycles. The van der Waals surface area contributed by atoms with Gasteiger partial charge in [0.2, 0.25) is 0 Å². The minimum Gasteiger partial charge on any atom is -0.361 e. The highest BCUT2D eigenvalue weighted by atomic mass is 19.2. The molecule has 11 heavy (non-hydrogen) atoms. The number of hydrogen-bond donors (Lipinski definition) is 1. The number of benzene rings is 1. The van der Waals surface area contributed by atoms with Gasteiger partial charge in [0.05, 0.1) is 0 Å². The highest BCUT2D eigenvalue weighted by molar-refractivity contribution is 5.79. The van der Waals surface area contributed by atoms with Crippen LogP contribution in [0.25, 0.3) is 10.9 Å². The Kier molecular flexibility index (Phi) is 1.18. The predicted molar refractivity (Wildman–Crippen MR) is 38.2 cm³/mol. The summed E-state index contributed by atoms with van der Waals surface area (Å²) in [5, 5.41) is 0.296. The van der Waals surface area contributed by atoms with Crippen molar-refractivity contribution in [1.82, 2.24) is 4.98 Å². The van der Waals surface area contributed by atoms with Gasteiger partial charge in [-0.05, 0) is 18.2 Å². The fraction of sp³-hybridized carbons (Fsp3) is 0. The third kappa shape index (κ3) is 0.808. The maximum Gasteiger partial charge on any atom is 0.168 e. The number of halogens is 2. The highest BCUT2D eigenvalue weighted by Crippen LogP contribution is 2.18. The molecule has 0 spiro atoms. The van der Waals surface area contributed by atoms with Crippen LogP contribution in [0.4, 0.5) is 8.78 Å². The first-order valence-corrected chi connectivity index (χ1v) is 3.20. The second-order valence-electron chi connectivity index (χ2n) is 2.30. The number of fused-ring (bicyclic) bond motifs is 1. The van der Waals surface area contributed by atoms with Crippen molar-refractivity contribution in [2.45, 2.75) is 0 Å². The normalized spacial score (nSPS) is 10.7. The molecule has 1 aromatic carbocycles. The smallest absolute Gasteiger partial charge is 0.168 e. The third-order valence-electron chi connectivity index (χ3n) is 1.62. The molecule has 2 rings (SSSR count). The van der Waals surface area contributed by atoms with Crippen molar-refractivity contribution in [3.05, 3.63) is 36.0 Å². The van der Waals surface area contributed by atoms with Crippen LogP contribution in [0.1, 0.15) is 0 Å². The summed E-state index contributed by atoms with van der Waals surface area (Å²) in [7, 11) is 0. The molecule has 3 heteroatoms. The minimum atomic E-state index is -0.808. The average molecular weight is 153 g/mol. The second kappa shape index (κ2) is 2.05. The fourth-order valence-corrected chi connectivity index (χ4v) is 1.07. The van der Waals surface area contributed by atoms with E-state index in [1.54, 1.807) is 6.20 Å². The van der Waals surface area contributed by atoms with E-state index in [1.165, 1.54) is 12.1 Å². The summed E-state index contributed by atoms with van der Waals surface area (Å²) in [5.41, 5.74) is 0.615. The predicted octanol–water partition coefficient (Wildman–Crippen LogP) is 2.45. The summed E-state index contributed by atoms with van der Waals surface area (Å²) in [6.07, 6.45) is 1.58. The van der Waals surface area contributed by atoms with E-state index in [0.717, 1.165) is 6.07 Å². The van der Waals surface area contributed by atoms with Gasteiger partial charge >= 0.3 is 0 Å². The number of rotatable bonds is 0. The lowest BCUT2D eigenvalue weighted by Gasteiger charge is -1.92. The van der Waals surface area contributed by atoms with Crippen LogP contribution in [0.3, 0.4) is 0 Å². The molecule has 0 fully saturated rings. The lowest BCUT2D eigenvalue weighted by atomic mass is 10.2. The van der Waals surface area contributed by atoms with Crippen LogP contribution in [0.5, 0.6) is 0 Å². The largest absolute Gasteiger partial charge is 0.361 e. The number of aromatic nitrogens is 1. The third-order valence-corrected chi connectivity index (χ3v) is 1.62. The zero-order valence-electron chi connectivity index (χ0n) is 5.57. The maximum absolute atomic E-state index is 12.8. The Morgan fingerprint density at radius 3 is 2.73 bits per heavy atom. The standard InChI is InChI=1S/C8H5F2N/c9-6-1-2-7-5(8(6)10)3-4-11-7/h1-4,11H. The van der Waals surface area contributed by atoms with Crippen LogP contribution in [0, 0.1) is 11.6 Å². The molecule has 0 aliphatic carbocycles. The molecule has 0 saturated heterocycles. The lowest BCUT2D eigenvalue weighted by Crippen LogP contribution is -1.82. The van der Waals surface area contributed by atoms with Gasteiger partial charge in [-0.3, -0.25) is 0 Å². The van der Waals surface area contributed by atoms with Gasteiger partial charge < -0.3 is 4.98 Å². The van der Waals surface area contributed by atoms with Gasteiger partial charge in [-0.25, -0.2) is 8.78 Å². The van der Waals surface area contributed by atoms with Gasteiger partial charge in [-0.1, -0.05) is 0 Å². The molecule has 2 aromatic rings. The molecule has 0 radical (unpaired) electrons. The molecule has 0 amide bonds. The van der Waals surface area contributed by atoms with E-state index >= 15 is 0 Å². The summed E-state index contributed by atoms with van der Waals surface area (Å²) in [4.78, 5) is 2.78. The summed E-state index contributed by atoms with van der Waals surface area (Å²) in [6.45, 7) is 0. The van der Waals surface area contributed by atoms with Crippen LogP contribution in [-0.4, -0.2) is 4.98 Å². The zero-order chi connectivity index (χ0) is 7.84. The minimum absolute atomic E-state index is 0.296. The first-order valence-electron chi connectivity index (χ1n) is 3.20. The molecule has 1 N–H and O–H groups in total. The van der Waals surface area contributed by atoms with E-state index in [9.17, 15) is 8.78 Å². The van der Waals surface area contributed by atoms with Gasteiger partial charge in [0, 0.05) is 17.1 Å². The van der Waals surface area contributed by atoms with Crippen LogP contribution >= 0.6 is 0 Å². The van der Waals surface area contributed by atoms with Crippen LogP contribution < -0.4 is 0 Å². The Morgan fingerprint density at radius 1 is 1.09 bits per heavy atom. The Balaban J connectivity index is 2.93. The lowest BCUT2D eigenvalue weighted by molar-refractivity contribution is 0.517. The maximum atomic E-state index is 12.8. The van der Waals surface area contributed by atoms with Gasteiger partial charge in [0.1, 0.15) is 0 Å². The summed E-state index contributed by atoms with van der Waals surface area (Å²) in [5.74, 6) is -1.60. The van der Waals surface area contributed by atoms with E-state index in [0.29, 0.717) is 10.9 Å². The number of aromatic amines is 1. The molecule has 1 nitrogen and oxygen atoms in total. The van der Waals surface area contributed by atoms with Crippen molar-refractivity contribution in [1.29, 1.82) is 0 Å². The molecule has 0 bridgehead atoms. The van der Waals surface area contributed by atoms with Crippen LogP contribution in [0.15, 0.2) is 24.4 Å². The quantitative estimate of drug-likeness (QED) is 0.598. The molecular formula is C8H5F2N. The molecule has 0 atom stereocenters. The van der Waals surface area contributed by atoms with E-state index in [-0.39, 0.29) is 0 Å². The monoisotopic (exact) mass is 153 g/mol. The van der Waals surface area contributed by atoms with Gasteiger partial charge in [-0.2, -0.15) is 0 Å². The Morgan fingerprint density at radius 2 is 1.91 bits per heavy atom. The Labute approximate surface area is 61.7 Å². The number of nitrogens with one attached hydrogen (secondary N) is 1. The van der Waals surface area contributed by atoms with E-state index < -0.39 is 11.6 Å². The highest BCUT2D eigenvalue weighted by Gasteiger charge is 2.05. The van der Waals surface area contributed by atoms with Crippen molar-refractivity contribution in [3.63, 3.8) is 0 Å². The molecule has 0 aliphatic rings. The fourth-order valence-electron chi connectivity index (χ4n) is 1.07. The second-order valence-corrected chi connectivity index (χ2v) is 2.30. The van der Waals surface area contributed by atoms with Crippen LogP contribution in [-0.2, 0) is 0 Å². The van der Waals surface area contributed by atoms with Gasteiger partial charge in [-0.15, -0.1) is 0 Å². The zero-order valence-corrected chi connectivity index (χ0v) is 5.57. The summed E-state index contributed by atoms with van der Waals surface area (Å²) < 4.78 is 25.4. The molecule has 0 unspecified atom stereocenters. The van der Waals surface area contributed by atoms with E-state index in [1.807, 2.05) is 0 Å². The SMILES string of the molecule is Fc1ccc2[nH]ccc2c1F. The van der Waals surface area contributed by atoms with Crippen molar-refractivity contribution < 1.29 is 8.78 Å². The van der Waals surface area contributed by atoms with Crippen molar-refractivity contribution in [3.8, 4) is 0 Å². The Bertz CT molecular complexity index is 392. The van der Waals surface area contributed by atoms with Crippen LogP contribution in [0.2, 0.25) is 0 Å². The topological polar surface area (TPSA) is 15.8 Å². The first kappa shape index (κ1) is 6.34. The van der Waals surface area contributed by atoms with Gasteiger partial charge in [0.25, 0.3) is 0 Å². The molecule has 1 aromatic heterocycles. The summed E-state index contributed by atoms with van der Waals surface area (Å²) >= 11 is 0. The van der Waals surface area contributed by atoms with Crippen molar-refractivity contribution >= 4 is 10.9 Å². The Hall–Kier alpha value is -1.38. The van der Waals surface area contributed by atoms with E-state index in [4.69, 9.17) is 0 Å². The van der Waals surface area contributed by atoms with Crippen molar-refractivity contribution in [2.75, 3.05) is 0 Å². The number of H-pyrrole nitrogens is 1. The molecule has 56 valence electrons.